The maximum Gasteiger partial charge on any atom is 0.0973 e. The van der Waals surface area contributed by atoms with E-state index in [2.05, 4.69) is 26.5 Å². The summed E-state index contributed by atoms with van der Waals surface area (Å²) in [6.07, 6.45) is 4.89. The molecule has 11 heavy (non-hydrogen) atoms. The normalized spacial score (nSPS) is 22.5. The molecule has 0 N–H and O–H groups in total. The Morgan fingerprint density at radius 1 is 1.36 bits per heavy atom. The number of rotatable bonds is 3. The van der Waals surface area contributed by atoms with Crippen molar-refractivity contribution < 1.29 is 4.48 Å². The van der Waals surface area contributed by atoms with Crippen LogP contribution in [0.15, 0.2) is 12.7 Å². The van der Waals surface area contributed by atoms with E-state index in [4.69, 9.17) is 0 Å². The summed E-state index contributed by atoms with van der Waals surface area (Å²) in [7, 11) is 0. The van der Waals surface area contributed by atoms with Crippen molar-refractivity contribution in [1.29, 1.82) is 0 Å². The molecule has 64 valence electrons. The lowest BCUT2D eigenvalue weighted by atomic mass is 10.2. The first-order valence-electron chi connectivity index (χ1n) is 4.68. The second-order valence-electron chi connectivity index (χ2n) is 3.94. The summed E-state index contributed by atoms with van der Waals surface area (Å²) in [5, 5.41) is 0. The van der Waals surface area contributed by atoms with E-state index in [0.29, 0.717) is 0 Å². The second-order valence-corrected chi connectivity index (χ2v) is 3.94. The summed E-state index contributed by atoms with van der Waals surface area (Å²) in [5.41, 5.74) is 0. The van der Waals surface area contributed by atoms with E-state index in [1.54, 1.807) is 0 Å². The van der Waals surface area contributed by atoms with Gasteiger partial charge in [0.15, 0.2) is 0 Å². The molecule has 0 radical (unpaired) electrons. The molecular weight excluding hydrogens is 134 g/mol. The van der Waals surface area contributed by atoms with Gasteiger partial charge >= 0.3 is 0 Å². The largest absolute Gasteiger partial charge is 0.318 e. The van der Waals surface area contributed by atoms with Crippen LogP contribution in [0.1, 0.15) is 26.7 Å². The fourth-order valence-electron chi connectivity index (χ4n) is 2.13. The quantitative estimate of drug-likeness (QED) is 0.432. The van der Waals surface area contributed by atoms with Crippen LogP contribution in [0.25, 0.3) is 0 Å². The highest BCUT2D eigenvalue weighted by atomic mass is 15.4. The van der Waals surface area contributed by atoms with E-state index >= 15 is 0 Å². The first-order chi connectivity index (χ1) is 5.21. The minimum Gasteiger partial charge on any atom is -0.318 e. The SMILES string of the molecule is C=CC[N+]1(C(C)C)CCCC1. The molecule has 0 spiro atoms. The predicted molar refractivity (Wildman–Crippen MR) is 49.4 cm³/mol. The molecular formula is C10H20N+. The van der Waals surface area contributed by atoms with Gasteiger partial charge in [-0.25, -0.2) is 0 Å². The van der Waals surface area contributed by atoms with Crippen LogP contribution >= 0.6 is 0 Å². The van der Waals surface area contributed by atoms with Crippen LogP contribution in [-0.4, -0.2) is 30.2 Å². The zero-order chi connectivity index (χ0) is 8.32. The summed E-state index contributed by atoms with van der Waals surface area (Å²) in [6, 6.07) is 0.774. The minimum absolute atomic E-state index is 0.774. The molecule has 1 heteroatoms. The zero-order valence-electron chi connectivity index (χ0n) is 7.84. The topological polar surface area (TPSA) is 0 Å². The lowest BCUT2D eigenvalue weighted by molar-refractivity contribution is -0.931. The Morgan fingerprint density at radius 3 is 2.27 bits per heavy atom. The van der Waals surface area contributed by atoms with Crippen molar-refractivity contribution in [2.45, 2.75) is 32.7 Å². The molecule has 1 heterocycles. The monoisotopic (exact) mass is 154 g/mol. The number of likely N-dealkylation sites (tertiary alicyclic amines) is 1. The first kappa shape index (κ1) is 8.79. The van der Waals surface area contributed by atoms with Gasteiger partial charge in [0.1, 0.15) is 0 Å². The molecule has 0 aromatic heterocycles. The standard InChI is InChI=1S/C10H20N/c1-4-7-11(10(2)3)8-5-6-9-11/h4,10H,1,5-9H2,2-3H3/q+1. The molecule has 1 rings (SSSR count). The summed E-state index contributed by atoms with van der Waals surface area (Å²) in [4.78, 5) is 0. The highest BCUT2D eigenvalue weighted by Crippen LogP contribution is 2.22. The third-order valence-corrected chi connectivity index (χ3v) is 3.05. The van der Waals surface area contributed by atoms with Gasteiger partial charge in [-0.1, -0.05) is 6.58 Å². The number of hydrogen-bond donors (Lipinski definition) is 0. The fourth-order valence-corrected chi connectivity index (χ4v) is 2.13. The number of nitrogens with zero attached hydrogens (tertiary/aromatic N) is 1. The Hall–Kier alpha value is -0.300. The molecule has 0 amide bonds. The smallest absolute Gasteiger partial charge is 0.0973 e. The van der Waals surface area contributed by atoms with Crippen LogP contribution in [0.3, 0.4) is 0 Å². The zero-order valence-corrected chi connectivity index (χ0v) is 7.84. The number of quaternary nitrogens is 1. The molecule has 0 bridgehead atoms. The van der Waals surface area contributed by atoms with Gasteiger partial charge in [-0.3, -0.25) is 0 Å². The Bertz CT molecular complexity index is 132. The second kappa shape index (κ2) is 3.40. The van der Waals surface area contributed by atoms with Gasteiger partial charge in [0.2, 0.25) is 0 Å². The highest BCUT2D eigenvalue weighted by molar-refractivity contribution is 4.70. The van der Waals surface area contributed by atoms with Crippen LogP contribution in [0, 0.1) is 0 Å². The lowest BCUT2D eigenvalue weighted by Gasteiger charge is -2.37. The Morgan fingerprint density at radius 2 is 1.91 bits per heavy atom. The van der Waals surface area contributed by atoms with E-state index in [0.717, 1.165) is 12.6 Å². The Labute approximate surface area is 70.3 Å². The van der Waals surface area contributed by atoms with Crippen molar-refractivity contribution >= 4 is 0 Å². The summed E-state index contributed by atoms with van der Waals surface area (Å²) in [5.74, 6) is 0. The molecule has 0 aromatic rings. The van der Waals surface area contributed by atoms with Crippen molar-refractivity contribution in [1.82, 2.24) is 0 Å². The van der Waals surface area contributed by atoms with Gasteiger partial charge in [0.05, 0.1) is 25.7 Å². The van der Waals surface area contributed by atoms with Crippen LogP contribution in [-0.2, 0) is 0 Å². The van der Waals surface area contributed by atoms with Crippen LogP contribution in [0.4, 0.5) is 0 Å². The summed E-state index contributed by atoms with van der Waals surface area (Å²) < 4.78 is 1.28. The molecule has 1 aliphatic heterocycles. The molecule has 0 unspecified atom stereocenters. The predicted octanol–water partition coefficient (Wildman–Crippen LogP) is 2.19. The Balaban J connectivity index is 2.61. The van der Waals surface area contributed by atoms with Crippen molar-refractivity contribution in [2.24, 2.45) is 0 Å². The third kappa shape index (κ3) is 1.64. The lowest BCUT2D eigenvalue weighted by Crippen LogP contribution is -2.50. The van der Waals surface area contributed by atoms with Crippen LogP contribution in [0.2, 0.25) is 0 Å². The van der Waals surface area contributed by atoms with Gasteiger partial charge in [0, 0.05) is 12.8 Å². The summed E-state index contributed by atoms with van der Waals surface area (Å²) >= 11 is 0. The van der Waals surface area contributed by atoms with Gasteiger partial charge in [-0.15, -0.1) is 0 Å². The first-order valence-corrected chi connectivity index (χ1v) is 4.68. The number of hydrogen-bond acceptors (Lipinski definition) is 0. The van der Waals surface area contributed by atoms with Gasteiger partial charge < -0.3 is 4.48 Å². The van der Waals surface area contributed by atoms with Crippen LogP contribution in [0.5, 0.6) is 0 Å². The summed E-state index contributed by atoms with van der Waals surface area (Å²) in [6.45, 7) is 12.4. The molecule has 1 aliphatic rings. The van der Waals surface area contributed by atoms with Gasteiger partial charge in [-0.05, 0) is 19.9 Å². The molecule has 0 atom stereocenters. The van der Waals surface area contributed by atoms with Crippen molar-refractivity contribution in [3.05, 3.63) is 12.7 Å². The molecule has 1 fully saturated rings. The maximum absolute atomic E-state index is 3.84. The van der Waals surface area contributed by atoms with Crippen molar-refractivity contribution in [2.75, 3.05) is 19.6 Å². The Kier molecular flexibility index (Phi) is 2.72. The third-order valence-electron chi connectivity index (χ3n) is 3.05. The van der Waals surface area contributed by atoms with E-state index < -0.39 is 0 Å². The fraction of sp³-hybridized carbons (Fsp3) is 0.800. The molecule has 1 saturated heterocycles. The molecule has 1 nitrogen and oxygen atoms in total. The maximum atomic E-state index is 3.84. The van der Waals surface area contributed by atoms with E-state index in [1.165, 1.54) is 30.4 Å². The van der Waals surface area contributed by atoms with Crippen molar-refractivity contribution in [3.63, 3.8) is 0 Å². The van der Waals surface area contributed by atoms with Gasteiger partial charge in [-0.2, -0.15) is 0 Å². The van der Waals surface area contributed by atoms with Gasteiger partial charge in [0.25, 0.3) is 0 Å². The van der Waals surface area contributed by atoms with E-state index in [-0.39, 0.29) is 0 Å². The molecule has 0 saturated carbocycles. The van der Waals surface area contributed by atoms with Crippen LogP contribution < -0.4 is 0 Å². The van der Waals surface area contributed by atoms with Crippen molar-refractivity contribution in [3.8, 4) is 0 Å². The molecule has 0 aliphatic carbocycles. The average Bonchev–Trinajstić information content (AvgIpc) is 2.38. The molecule has 0 aromatic carbocycles. The highest BCUT2D eigenvalue weighted by Gasteiger charge is 2.33. The average molecular weight is 154 g/mol. The van der Waals surface area contributed by atoms with E-state index in [9.17, 15) is 0 Å². The van der Waals surface area contributed by atoms with E-state index in [1.807, 2.05) is 0 Å². The minimum atomic E-state index is 0.774.